The number of rotatable bonds is 4. The van der Waals surface area contributed by atoms with Crippen LogP contribution < -0.4 is 5.32 Å². The molecule has 0 bridgehead atoms. The van der Waals surface area contributed by atoms with Gasteiger partial charge in [0.25, 0.3) is 0 Å². The zero-order valence-corrected chi connectivity index (χ0v) is 19.7. The minimum Gasteiger partial charge on any atom is -0.324 e. The topological polar surface area (TPSA) is 66.5 Å². The molecule has 7 heteroatoms. The molecule has 1 unspecified atom stereocenters. The predicted octanol–water partition coefficient (Wildman–Crippen LogP) is 5.17. The number of anilines is 1. The minimum atomic E-state index is -0.238. The summed E-state index contributed by atoms with van der Waals surface area (Å²) in [5, 5.41) is 7.11. The molecule has 168 valence electrons. The second-order valence-corrected chi connectivity index (χ2v) is 10.4. The summed E-state index contributed by atoms with van der Waals surface area (Å²) in [7, 11) is 0. The zero-order valence-electron chi connectivity index (χ0n) is 18.1. The van der Waals surface area contributed by atoms with Crippen LogP contribution in [0.5, 0.6) is 0 Å². The average molecular weight is 485 g/mol. The third-order valence-corrected chi connectivity index (χ3v) is 8.37. The van der Waals surface area contributed by atoms with E-state index < -0.39 is 0 Å². The van der Waals surface area contributed by atoms with Crippen molar-refractivity contribution in [3.63, 3.8) is 0 Å². The number of carbonyl (C=O) groups excluding carboxylic acids is 3. The first-order valence-corrected chi connectivity index (χ1v) is 12.8. The molecule has 1 amide bonds. The highest BCUT2D eigenvalue weighted by molar-refractivity contribution is 7.10. The largest absolute Gasteiger partial charge is 0.324 e. The number of nitrogens with one attached hydrogen (secondary N) is 1. The first-order valence-electron chi connectivity index (χ1n) is 11.1. The molecule has 0 saturated heterocycles. The van der Waals surface area contributed by atoms with E-state index in [-0.39, 0.29) is 35.6 Å². The van der Waals surface area contributed by atoms with E-state index in [9.17, 15) is 14.4 Å². The fourth-order valence-corrected chi connectivity index (χ4v) is 6.72. The van der Waals surface area contributed by atoms with Gasteiger partial charge in [-0.2, -0.15) is 0 Å². The van der Waals surface area contributed by atoms with Crippen molar-refractivity contribution in [1.29, 1.82) is 0 Å². The van der Waals surface area contributed by atoms with Gasteiger partial charge in [0.15, 0.2) is 11.6 Å². The Hall–Kier alpha value is -3.39. The highest BCUT2D eigenvalue weighted by Crippen LogP contribution is 2.39. The van der Waals surface area contributed by atoms with Gasteiger partial charge in [0.05, 0.1) is 23.8 Å². The summed E-state index contributed by atoms with van der Waals surface area (Å²) < 4.78 is 0. The van der Waals surface area contributed by atoms with Crippen LogP contribution in [0.2, 0.25) is 0 Å². The maximum absolute atomic E-state index is 13.2. The van der Waals surface area contributed by atoms with Gasteiger partial charge in [-0.15, -0.1) is 22.7 Å². The molecule has 2 aromatic carbocycles. The quantitative estimate of drug-likeness (QED) is 0.382. The molecule has 3 heterocycles. The number of ketones is 2. The maximum Gasteiger partial charge on any atom is 0.238 e. The third-order valence-electron chi connectivity index (χ3n) is 6.45. The van der Waals surface area contributed by atoms with Gasteiger partial charge in [-0.1, -0.05) is 42.5 Å². The molecule has 0 fully saturated rings. The molecule has 0 radical (unpaired) electrons. The summed E-state index contributed by atoms with van der Waals surface area (Å²) in [5.41, 5.74) is 3.03. The van der Waals surface area contributed by atoms with E-state index in [1.54, 1.807) is 65.1 Å². The highest BCUT2D eigenvalue weighted by atomic mass is 32.1. The van der Waals surface area contributed by atoms with Crippen LogP contribution >= 0.6 is 22.7 Å². The lowest BCUT2D eigenvalue weighted by Crippen LogP contribution is -2.40. The van der Waals surface area contributed by atoms with Gasteiger partial charge >= 0.3 is 0 Å². The number of nitrogens with zero attached hydrogens (tertiary/aromatic N) is 1. The van der Waals surface area contributed by atoms with E-state index in [1.165, 1.54) is 15.3 Å². The maximum atomic E-state index is 13.2. The molecule has 34 heavy (non-hydrogen) atoms. The summed E-state index contributed by atoms with van der Waals surface area (Å²) in [6.45, 7) is 0.974. The molecular weight excluding hydrogens is 464 g/mol. The predicted molar refractivity (Wildman–Crippen MR) is 134 cm³/mol. The van der Waals surface area contributed by atoms with Crippen LogP contribution in [0.25, 0.3) is 0 Å². The normalized spacial score (nSPS) is 17.1. The summed E-state index contributed by atoms with van der Waals surface area (Å²) in [5.74, 6) is -0.633. The smallest absolute Gasteiger partial charge is 0.238 e. The molecule has 1 aliphatic carbocycles. The van der Waals surface area contributed by atoms with Crippen LogP contribution in [0, 0.1) is 0 Å². The van der Waals surface area contributed by atoms with Crippen molar-refractivity contribution >= 4 is 45.8 Å². The van der Waals surface area contributed by atoms with Crippen LogP contribution in [0.4, 0.5) is 5.69 Å². The molecule has 2 aliphatic rings. The summed E-state index contributed by atoms with van der Waals surface area (Å²) >= 11 is 3.46. The van der Waals surface area contributed by atoms with Crippen molar-refractivity contribution in [1.82, 2.24) is 4.90 Å². The summed E-state index contributed by atoms with van der Waals surface area (Å²) in [4.78, 5) is 44.2. The Bertz CT molecular complexity index is 1440. The monoisotopic (exact) mass is 484 g/mol. The van der Waals surface area contributed by atoms with Crippen LogP contribution in [-0.4, -0.2) is 35.5 Å². The molecule has 4 aromatic rings. The lowest BCUT2D eigenvalue weighted by molar-refractivity contribution is -0.117. The van der Waals surface area contributed by atoms with Crippen LogP contribution in [0.3, 0.4) is 0 Å². The van der Waals surface area contributed by atoms with E-state index in [4.69, 9.17) is 0 Å². The number of hydrogen-bond donors (Lipinski definition) is 1. The molecule has 2 aromatic heterocycles. The van der Waals surface area contributed by atoms with E-state index in [0.717, 1.165) is 13.0 Å². The Morgan fingerprint density at radius 3 is 2.47 bits per heavy atom. The van der Waals surface area contributed by atoms with E-state index in [2.05, 4.69) is 33.1 Å². The first-order chi connectivity index (χ1) is 16.6. The molecular formula is C27H20N2O3S2. The van der Waals surface area contributed by atoms with Crippen LogP contribution in [-0.2, 0) is 11.2 Å². The fraction of sp³-hybridized carbons (Fsp3) is 0.148. The summed E-state index contributed by atoms with van der Waals surface area (Å²) in [6.07, 6.45) is 0.909. The van der Waals surface area contributed by atoms with Gasteiger partial charge in [-0.25, -0.2) is 0 Å². The number of fused-ring (bicyclic) bond motifs is 3. The summed E-state index contributed by atoms with van der Waals surface area (Å²) in [6, 6.07) is 18.2. The Morgan fingerprint density at radius 1 is 0.882 bits per heavy atom. The number of hydrogen-bond acceptors (Lipinski definition) is 6. The third kappa shape index (κ3) is 3.44. The number of thiophene rings is 2. The molecule has 1 N–H and O–H groups in total. The van der Waals surface area contributed by atoms with Crippen molar-refractivity contribution in [2.45, 2.75) is 12.5 Å². The second kappa shape index (κ2) is 8.43. The lowest BCUT2D eigenvalue weighted by Gasteiger charge is -2.35. The van der Waals surface area contributed by atoms with E-state index in [1.807, 2.05) is 6.07 Å². The van der Waals surface area contributed by atoms with Crippen molar-refractivity contribution < 1.29 is 14.4 Å². The molecule has 6 rings (SSSR count). The van der Waals surface area contributed by atoms with Crippen molar-refractivity contribution in [3.8, 4) is 0 Å². The van der Waals surface area contributed by atoms with Gasteiger partial charge < -0.3 is 5.32 Å². The molecule has 0 saturated carbocycles. The van der Waals surface area contributed by atoms with E-state index >= 15 is 0 Å². The van der Waals surface area contributed by atoms with Gasteiger partial charge in [0.1, 0.15) is 0 Å². The molecule has 5 nitrogen and oxygen atoms in total. The SMILES string of the molecule is O=C(CN1CCc2sccc2C1c1cccs1)Nc1cccc2c1C(=O)c1ccccc1C2=O. The zero-order chi connectivity index (χ0) is 23.2. The molecule has 1 atom stereocenters. The number of amides is 1. The molecule has 1 aliphatic heterocycles. The fourth-order valence-electron chi connectivity index (χ4n) is 4.94. The molecule has 0 spiro atoms. The highest BCUT2D eigenvalue weighted by Gasteiger charge is 2.34. The van der Waals surface area contributed by atoms with Crippen molar-refractivity contribution in [2.75, 3.05) is 18.4 Å². The second-order valence-electron chi connectivity index (χ2n) is 8.42. The van der Waals surface area contributed by atoms with Gasteiger partial charge in [-0.3, -0.25) is 19.3 Å². The first kappa shape index (κ1) is 21.2. The minimum absolute atomic E-state index is 0.0422. The van der Waals surface area contributed by atoms with Gasteiger partial charge in [0, 0.05) is 33.0 Å². The lowest BCUT2D eigenvalue weighted by atomic mass is 9.83. The van der Waals surface area contributed by atoms with Crippen LogP contribution in [0.15, 0.2) is 71.4 Å². The van der Waals surface area contributed by atoms with E-state index in [0.29, 0.717) is 22.4 Å². The Balaban J connectivity index is 1.28. The standard InChI is InChI=1S/C27H20N2O3S2/c30-23(15-29-12-10-21-18(11-14-34-21)25(29)22-9-4-13-33-22)28-20-8-3-7-19-24(20)27(32)17-6-2-1-5-16(17)26(19)31/h1-9,11,13-14,25H,10,12,15H2,(H,28,30). The number of carbonyl (C=O) groups is 3. The van der Waals surface area contributed by atoms with Crippen molar-refractivity contribution in [2.24, 2.45) is 0 Å². The average Bonchev–Trinajstić information content (AvgIpc) is 3.55. The van der Waals surface area contributed by atoms with Gasteiger partial charge in [0.2, 0.25) is 5.91 Å². The van der Waals surface area contributed by atoms with Crippen molar-refractivity contribution in [3.05, 3.63) is 109 Å². The Kier molecular flexibility index (Phi) is 5.25. The Labute approximate surface area is 204 Å². The number of benzene rings is 2. The van der Waals surface area contributed by atoms with Gasteiger partial charge in [-0.05, 0) is 40.9 Å². The van der Waals surface area contributed by atoms with Crippen LogP contribution in [0.1, 0.15) is 53.2 Å². The Morgan fingerprint density at radius 2 is 1.68 bits per heavy atom.